The number of rotatable bonds is 3. The van der Waals surface area contributed by atoms with Crippen LogP contribution in [0.5, 0.6) is 0 Å². The van der Waals surface area contributed by atoms with Gasteiger partial charge in [-0.05, 0) is 60.7 Å². The molecule has 0 unspecified atom stereocenters. The Labute approximate surface area is 146 Å². The molecular weight excluding hydrogens is 348 g/mol. The number of anilines is 1. The third-order valence-corrected chi connectivity index (χ3v) is 4.73. The third-order valence-electron chi connectivity index (χ3n) is 4.20. The van der Waals surface area contributed by atoms with Crippen molar-refractivity contribution in [2.75, 3.05) is 18.0 Å². The summed E-state index contributed by atoms with van der Waals surface area (Å²) in [6, 6.07) is 18.7. The van der Waals surface area contributed by atoms with Gasteiger partial charge in [-0.1, -0.05) is 40.2 Å². The number of hydrogen-bond donors (Lipinski definition) is 0. The van der Waals surface area contributed by atoms with Gasteiger partial charge in [-0.2, -0.15) is 5.26 Å². The fourth-order valence-electron chi connectivity index (χ4n) is 2.91. The number of benzene rings is 2. The Morgan fingerprint density at radius 1 is 0.957 bits per heavy atom. The zero-order valence-electron chi connectivity index (χ0n) is 13.0. The Hall–Kier alpha value is -2.05. The summed E-state index contributed by atoms with van der Waals surface area (Å²) >= 11 is 3.42. The number of halogens is 1. The first kappa shape index (κ1) is 15.8. The summed E-state index contributed by atoms with van der Waals surface area (Å²) in [6.07, 6.45) is 5.85. The fraction of sp³-hybridized carbons (Fsp3) is 0.250. The zero-order valence-corrected chi connectivity index (χ0v) is 14.6. The van der Waals surface area contributed by atoms with Gasteiger partial charge in [0.15, 0.2) is 0 Å². The van der Waals surface area contributed by atoms with E-state index in [1.54, 1.807) is 0 Å². The molecule has 2 nitrogen and oxygen atoms in total. The van der Waals surface area contributed by atoms with Gasteiger partial charge in [0.1, 0.15) is 0 Å². The van der Waals surface area contributed by atoms with Crippen molar-refractivity contribution in [2.45, 2.75) is 19.3 Å². The Morgan fingerprint density at radius 3 is 2.22 bits per heavy atom. The molecule has 1 saturated heterocycles. The van der Waals surface area contributed by atoms with Crippen LogP contribution in [0.25, 0.3) is 11.6 Å². The maximum absolute atomic E-state index is 9.43. The first-order valence-corrected chi connectivity index (χ1v) is 8.78. The number of nitriles is 1. The average Bonchev–Trinajstić information content (AvgIpc) is 2.62. The van der Waals surface area contributed by atoms with Gasteiger partial charge in [0, 0.05) is 23.2 Å². The van der Waals surface area contributed by atoms with Crippen molar-refractivity contribution in [3.05, 3.63) is 64.1 Å². The van der Waals surface area contributed by atoms with Crippen LogP contribution >= 0.6 is 15.9 Å². The molecule has 0 bridgehead atoms. The molecule has 116 valence electrons. The summed E-state index contributed by atoms with van der Waals surface area (Å²) in [7, 11) is 0. The highest BCUT2D eigenvalue weighted by atomic mass is 79.9. The van der Waals surface area contributed by atoms with E-state index in [0.717, 1.165) is 28.7 Å². The number of piperidine rings is 1. The molecule has 0 aromatic heterocycles. The molecule has 1 aliphatic rings. The van der Waals surface area contributed by atoms with Crippen molar-refractivity contribution in [3.63, 3.8) is 0 Å². The molecule has 0 saturated carbocycles. The van der Waals surface area contributed by atoms with E-state index in [2.05, 4.69) is 51.2 Å². The molecule has 0 amide bonds. The average molecular weight is 367 g/mol. The van der Waals surface area contributed by atoms with E-state index in [9.17, 15) is 5.26 Å². The third kappa shape index (κ3) is 4.03. The predicted molar refractivity (Wildman–Crippen MR) is 100 cm³/mol. The minimum atomic E-state index is 0.684. The molecule has 0 spiro atoms. The first-order valence-electron chi connectivity index (χ1n) is 7.99. The van der Waals surface area contributed by atoms with Crippen molar-refractivity contribution >= 4 is 33.3 Å². The van der Waals surface area contributed by atoms with Crippen LogP contribution in [0.1, 0.15) is 30.4 Å². The largest absolute Gasteiger partial charge is 0.372 e. The van der Waals surface area contributed by atoms with Crippen LogP contribution in [0.3, 0.4) is 0 Å². The molecule has 2 aromatic carbocycles. The Morgan fingerprint density at radius 2 is 1.61 bits per heavy atom. The van der Waals surface area contributed by atoms with Crippen LogP contribution in [0.15, 0.2) is 53.0 Å². The molecule has 1 heterocycles. The lowest BCUT2D eigenvalue weighted by molar-refractivity contribution is 0.578. The normalized spacial score (nSPS) is 15.3. The zero-order chi connectivity index (χ0) is 16.1. The molecule has 0 N–H and O–H groups in total. The van der Waals surface area contributed by atoms with E-state index < -0.39 is 0 Å². The quantitative estimate of drug-likeness (QED) is 0.529. The maximum atomic E-state index is 9.43. The van der Waals surface area contributed by atoms with Crippen LogP contribution in [0.4, 0.5) is 5.69 Å². The molecule has 0 aliphatic carbocycles. The second-order valence-electron chi connectivity index (χ2n) is 5.82. The summed E-state index contributed by atoms with van der Waals surface area (Å²) in [4.78, 5) is 2.44. The second kappa shape index (κ2) is 7.48. The summed E-state index contributed by atoms with van der Waals surface area (Å²) in [5.74, 6) is 0. The summed E-state index contributed by atoms with van der Waals surface area (Å²) in [5.41, 5.74) is 3.97. The second-order valence-corrected chi connectivity index (χ2v) is 6.73. The summed E-state index contributed by atoms with van der Waals surface area (Å²) < 4.78 is 1.02. The SMILES string of the molecule is N#C/C(=C/c1ccc(N2CCCCC2)cc1)c1ccc(Br)cc1. The van der Waals surface area contributed by atoms with Crippen LogP contribution in [0.2, 0.25) is 0 Å². The van der Waals surface area contributed by atoms with Crippen LogP contribution in [-0.4, -0.2) is 13.1 Å². The van der Waals surface area contributed by atoms with Gasteiger partial charge < -0.3 is 4.90 Å². The Balaban J connectivity index is 1.80. The van der Waals surface area contributed by atoms with E-state index in [-0.39, 0.29) is 0 Å². The summed E-state index contributed by atoms with van der Waals surface area (Å²) in [5, 5.41) is 9.43. The van der Waals surface area contributed by atoms with Crippen LogP contribution in [0, 0.1) is 11.3 Å². The highest BCUT2D eigenvalue weighted by molar-refractivity contribution is 9.10. The highest BCUT2D eigenvalue weighted by Gasteiger charge is 2.10. The van der Waals surface area contributed by atoms with Crippen molar-refractivity contribution in [2.24, 2.45) is 0 Å². The van der Waals surface area contributed by atoms with Gasteiger partial charge in [0.2, 0.25) is 0 Å². The van der Waals surface area contributed by atoms with E-state index >= 15 is 0 Å². The maximum Gasteiger partial charge on any atom is 0.0998 e. The van der Waals surface area contributed by atoms with Crippen LogP contribution < -0.4 is 4.90 Å². The number of hydrogen-bond acceptors (Lipinski definition) is 2. The van der Waals surface area contributed by atoms with Gasteiger partial charge in [0.05, 0.1) is 11.6 Å². The van der Waals surface area contributed by atoms with E-state index in [0.29, 0.717) is 5.57 Å². The Bertz CT molecular complexity index is 718. The van der Waals surface area contributed by atoms with E-state index in [1.165, 1.54) is 24.9 Å². The molecule has 23 heavy (non-hydrogen) atoms. The highest BCUT2D eigenvalue weighted by Crippen LogP contribution is 2.23. The van der Waals surface area contributed by atoms with Gasteiger partial charge in [0.25, 0.3) is 0 Å². The monoisotopic (exact) mass is 366 g/mol. The minimum Gasteiger partial charge on any atom is -0.372 e. The molecule has 3 rings (SSSR count). The standard InChI is InChI=1S/C20H19BrN2/c21-19-8-6-17(7-9-19)18(15-22)14-16-4-10-20(11-5-16)23-12-2-1-3-13-23/h4-11,14H,1-3,12-13H2/b18-14-. The first-order chi connectivity index (χ1) is 11.3. The predicted octanol–water partition coefficient (Wildman–Crippen LogP) is 5.50. The van der Waals surface area contributed by atoms with Crippen molar-refractivity contribution in [1.29, 1.82) is 5.26 Å². The topological polar surface area (TPSA) is 27.0 Å². The van der Waals surface area contributed by atoms with Crippen LogP contribution in [-0.2, 0) is 0 Å². The van der Waals surface area contributed by atoms with Gasteiger partial charge in [-0.3, -0.25) is 0 Å². The molecule has 2 aromatic rings. The fourth-order valence-corrected chi connectivity index (χ4v) is 3.17. The van der Waals surface area contributed by atoms with Crippen molar-refractivity contribution in [3.8, 4) is 6.07 Å². The minimum absolute atomic E-state index is 0.684. The van der Waals surface area contributed by atoms with E-state index in [4.69, 9.17) is 0 Å². The van der Waals surface area contributed by atoms with Gasteiger partial charge >= 0.3 is 0 Å². The molecule has 3 heteroatoms. The lowest BCUT2D eigenvalue weighted by Gasteiger charge is -2.28. The van der Waals surface area contributed by atoms with Gasteiger partial charge in [-0.25, -0.2) is 0 Å². The molecular formula is C20H19BrN2. The number of nitrogens with zero attached hydrogens (tertiary/aromatic N) is 2. The Kier molecular flexibility index (Phi) is 5.15. The van der Waals surface area contributed by atoms with Gasteiger partial charge in [-0.15, -0.1) is 0 Å². The van der Waals surface area contributed by atoms with Crippen molar-refractivity contribution < 1.29 is 0 Å². The summed E-state index contributed by atoms with van der Waals surface area (Å²) in [6.45, 7) is 2.30. The van der Waals surface area contributed by atoms with E-state index in [1.807, 2.05) is 30.3 Å². The molecule has 1 aliphatic heterocycles. The molecule has 1 fully saturated rings. The smallest absolute Gasteiger partial charge is 0.0998 e. The van der Waals surface area contributed by atoms with Crippen molar-refractivity contribution in [1.82, 2.24) is 0 Å². The lowest BCUT2D eigenvalue weighted by Crippen LogP contribution is -2.29. The molecule has 0 atom stereocenters. The molecule has 0 radical (unpaired) electrons. The lowest BCUT2D eigenvalue weighted by atomic mass is 10.0. The number of allylic oxidation sites excluding steroid dienone is 1.